The average Bonchev–Trinajstić information content (AvgIpc) is 2.36. The zero-order chi connectivity index (χ0) is 14.4. The molecule has 0 heterocycles. The lowest BCUT2D eigenvalue weighted by atomic mass is 10.0. The molecule has 1 rings (SSSR count). The molecule has 5 nitrogen and oxygen atoms in total. The summed E-state index contributed by atoms with van der Waals surface area (Å²) < 4.78 is 4.98. The summed E-state index contributed by atoms with van der Waals surface area (Å²) in [6.45, 7) is 3.98. The first-order chi connectivity index (χ1) is 8.95. The zero-order valence-electron chi connectivity index (χ0n) is 11.3. The number of benzene rings is 1. The standard InChI is InChI=1S/C14H19NO4/c1-9(2)12(14(17)18)15-13(16)11-6-4-10(5-7-11)8-19-3/h4-7,9,12H,8H2,1-3H3,(H,15,16)(H,17,18)/t12-/m0/s1. The number of ether oxygens (including phenoxy) is 1. The van der Waals surface area contributed by atoms with Gasteiger partial charge in [-0.2, -0.15) is 0 Å². The van der Waals surface area contributed by atoms with Crippen LogP contribution in [0.4, 0.5) is 0 Å². The van der Waals surface area contributed by atoms with E-state index in [1.54, 1.807) is 45.2 Å². The average molecular weight is 265 g/mol. The maximum atomic E-state index is 11.9. The smallest absolute Gasteiger partial charge is 0.326 e. The van der Waals surface area contributed by atoms with Gasteiger partial charge in [0.2, 0.25) is 0 Å². The lowest BCUT2D eigenvalue weighted by Gasteiger charge is -2.17. The number of carboxylic acids is 1. The van der Waals surface area contributed by atoms with Gasteiger partial charge in [0, 0.05) is 12.7 Å². The van der Waals surface area contributed by atoms with Crippen molar-refractivity contribution >= 4 is 11.9 Å². The third-order valence-electron chi connectivity index (χ3n) is 2.75. The number of hydrogen-bond acceptors (Lipinski definition) is 3. The summed E-state index contributed by atoms with van der Waals surface area (Å²) in [5.41, 5.74) is 1.39. The largest absolute Gasteiger partial charge is 0.480 e. The summed E-state index contributed by atoms with van der Waals surface area (Å²) >= 11 is 0. The van der Waals surface area contributed by atoms with E-state index in [1.807, 2.05) is 0 Å². The molecule has 0 aliphatic heterocycles. The number of nitrogens with one attached hydrogen (secondary N) is 1. The Labute approximate surface area is 112 Å². The van der Waals surface area contributed by atoms with Crippen LogP contribution >= 0.6 is 0 Å². The molecule has 104 valence electrons. The lowest BCUT2D eigenvalue weighted by Crippen LogP contribution is -2.44. The van der Waals surface area contributed by atoms with E-state index in [4.69, 9.17) is 9.84 Å². The number of hydrogen-bond donors (Lipinski definition) is 2. The van der Waals surface area contributed by atoms with Crippen LogP contribution in [-0.2, 0) is 16.1 Å². The van der Waals surface area contributed by atoms with Gasteiger partial charge in [0.25, 0.3) is 5.91 Å². The van der Waals surface area contributed by atoms with Crippen molar-refractivity contribution in [3.05, 3.63) is 35.4 Å². The van der Waals surface area contributed by atoms with Gasteiger partial charge < -0.3 is 15.2 Å². The topological polar surface area (TPSA) is 75.6 Å². The van der Waals surface area contributed by atoms with Crippen LogP contribution in [0.25, 0.3) is 0 Å². The molecule has 1 aromatic rings. The monoisotopic (exact) mass is 265 g/mol. The van der Waals surface area contributed by atoms with E-state index in [9.17, 15) is 9.59 Å². The summed E-state index contributed by atoms with van der Waals surface area (Å²) in [4.78, 5) is 22.9. The van der Waals surface area contributed by atoms with Crippen LogP contribution in [0.15, 0.2) is 24.3 Å². The molecule has 19 heavy (non-hydrogen) atoms. The first kappa shape index (κ1) is 15.2. The Kier molecular flexibility index (Phi) is 5.51. The van der Waals surface area contributed by atoms with Crippen LogP contribution in [0.1, 0.15) is 29.8 Å². The number of carboxylic acid groups (broad SMARTS) is 1. The van der Waals surface area contributed by atoms with Crippen molar-refractivity contribution in [2.45, 2.75) is 26.5 Å². The van der Waals surface area contributed by atoms with Crippen LogP contribution in [0.2, 0.25) is 0 Å². The van der Waals surface area contributed by atoms with E-state index in [0.29, 0.717) is 12.2 Å². The molecule has 2 N–H and O–H groups in total. The Bertz CT molecular complexity index is 439. The van der Waals surface area contributed by atoms with Gasteiger partial charge in [-0.1, -0.05) is 26.0 Å². The minimum absolute atomic E-state index is 0.172. The predicted molar refractivity (Wildman–Crippen MR) is 70.9 cm³/mol. The molecule has 5 heteroatoms. The van der Waals surface area contributed by atoms with Gasteiger partial charge in [0.05, 0.1) is 6.61 Å². The first-order valence-corrected chi connectivity index (χ1v) is 6.07. The third-order valence-corrected chi connectivity index (χ3v) is 2.75. The van der Waals surface area contributed by atoms with Gasteiger partial charge >= 0.3 is 5.97 Å². The van der Waals surface area contributed by atoms with Gasteiger partial charge in [-0.25, -0.2) is 4.79 Å². The predicted octanol–water partition coefficient (Wildman–Crippen LogP) is 1.67. The minimum atomic E-state index is -1.03. The van der Waals surface area contributed by atoms with Crippen molar-refractivity contribution in [2.75, 3.05) is 7.11 Å². The van der Waals surface area contributed by atoms with E-state index in [1.165, 1.54) is 0 Å². The van der Waals surface area contributed by atoms with Crippen LogP contribution in [-0.4, -0.2) is 30.1 Å². The Balaban J connectivity index is 2.74. The summed E-state index contributed by atoms with van der Waals surface area (Å²) in [5, 5.41) is 11.5. The fourth-order valence-corrected chi connectivity index (χ4v) is 1.66. The van der Waals surface area contributed by atoms with Gasteiger partial charge in [-0.15, -0.1) is 0 Å². The molecule has 1 atom stereocenters. The molecule has 0 fully saturated rings. The number of carbonyl (C=O) groups is 2. The van der Waals surface area contributed by atoms with Crippen molar-refractivity contribution in [3.8, 4) is 0 Å². The van der Waals surface area contributed by atoms with Crippen LogP contribution in [0.3, 0.4) is 0 Å². The summed E-state index contributed by atoms with van der Waals surface area (Å²) in [7, 11) is 1.60. The highest BCUT2D eigenvalue weighted by Crippen LogP contribution is 2.08. The quantitative estimate of drug-likeness (QED) is 0.820. The number of rotatable bonds is 6. The summed E-state index contributed by atoms with van der Waals surface area (Å²) in [5.74, 6) is -1.58. The molecule has 0 saturated heterocycles. The van der Waals surface area contributed by atoms with Gasteiger partial charge in [-0.3, -0.25) is 4.79 Å². The second kappa shape index (κ2) is 6.89. The minimum Gasteiger partial charge on any atom is -0.480 e. The molecule has 0 saturated carbocycles. The second-order valence-corrected chi connectivity index (χ2v) is 4.66. The highest BCUT2D eigenvalue weighted by atomic mass is 16.5. The zero-order valence-corrected chi connectivity index (χ0v) is 11.3. The third kappa shape index (κ3) is 4.37. The molecule has 0 aliphatic rings. The molecule has 0 aromatic heterocycles. The van der Waals surface area contributed by atoms with Crippen molar-refractivity contribution in [3.63, 3.8) is 0 Å². The van der Waals surface area contributed by atoms with E-state index in [2.05, 4.69) is 5.32 Å². The van der Waals surface area contributed by atoms with Crippen molar-refractivity contribution in [2.24, 2.45) is 5.92 Å². The first-order valence-electron chi connectivity index (χ1n) is 6.07. The maximum Gasteiger partial charge on any atom is 0.326 e. The van der Waals surface area contributed by atoms with E-state index in [-0.39, 0.29) is 11.8 Å². The Hall–Kier alpha value is -1.88. The highest BCUT2D eigenvalue weighted by molar-refractivity contribution is 5.96. The summed E-state index contributed by atoms with van der Waals surface area (Å²) in [6, 6.07) is 5.99. The number of amides is 1. The molecule has 1 amide bonds. The van der Waals surface area contributed by atoms with E-state index >= 15 is 0 Å². The van der Waals surface area contributed by atoms with Crippen LogP contribution < -0.4 is 5.32 Å². The molecular formula is C14H19NO4. The fraction of sp³-hybridized carbons (Fsp3) is 0.429. The van der Waals surface area contributed by atoms with Crippen LogP contribution in [0, 0.1) is 5.92 Å². The second-order valence-electron chi connectivity index (χ2n) is 4.66. The molecule has 0 unspecified atom stereocenters. The number of methoxy groups -OCH3 is 1. The SMILES string of the molecule is COCc1ccc(C(=O)N[C@H](C(=O)O)C(C)C)cc1. The van der Waals surface area contributed by atoms with Crippen LogP contribution in [0.5, 0.6) is 0 Å². The fourth-order valence-electron chi connectivity index (χ4n) is 1.66. The Morgan fingerprint density at radius 2 is 1.84 bits per heavy atom. The van der Waals surface area contributed by atoms with E-state index in [0.717, 1.165) is 5.56 Å². The van der Waals surface area contributed by atoms with Gasteiger partial charge in [0.1, 0.15) is 6.04 Å². The molecule has 1 aromatic carbocycles. The van der Waals surface area contributed by atoms with Crippen molar-refractivity contribution in [1.82, 2.24) is 5.32 Å². The van der Waals surface area contributed by atoms with Crippen molar-refractivity contribution in [1.29, 1.82) is 0 Å². The molecule has 0 aliphatic carbocycles. The Morgan fingerprint density at radius 1 is 1.26 bits per heavy atom. The molecule has 0 bridgehead atoms. The van der Waals surface area contributed by atoms with Gasteiger partial charge in [0.15, 0.2) is 0 Å². The van der Waals surface area contributed by atoms with Gasteiger partial charge in [-0.05, 0) is 23.6 Å². The Morgan fingerprint density at radius 3 is 2.26 bits per heavy atom. The molecule has 0 spiro atoms. The number of carbonyl (C=O) groups excluding carboxylic acids is 1. The number of aliphatic carboxylic acids is 1. The highest BCUT2D eigenvalue weighted by Gasteiger charge is 2.23. The maximum absolute atomic E-state index is 11.9. The molecule has 0 radical (unpaired) electrons. The summed E-state index contributed by atoms with van der Waals surface area (Å²) in [6.07, 6.45) is 0. The molecular weight excluding hydrogens is 246 g/mol. The lowest BCUT2D eigenvalue weighted by molar-refractivity contribution is -0.140. The van der Waals surface area contributed by atoms with E-state index < -0.39 is 12.0 Å². The van der Waals surface area contributed by atoms with Crippen molar-refractivity contribution < 1.29 is 19.4 Å². The normalized spacial score (nSPS) is 12.2.